The molecule has 98 valence electrons. The van der Waals surface area contributed by atoms with Gasteiger partial charge in [0.15, 0.2) is 11.5 Å². The summed E-state index contributed by atoms with van der Waals surface area (Å²) in [5.41, 5.74) is 0.343. The second-order valence-electron chi connectivity index (χ2n) is 5.42. The van der Waals surface area contributed by atoms with Gasteiger partial charge in [-0.25, -0.2) is 0 Å². The number of carbonyl (C=O) groups excluding carboxylic acids is 1. The lowest BCUT2D eigenvalue weighted by Crippen LogP contribution is -2.40. The van der Waals surface area contributed by atoms with Crippen LogP contribution >= 0.6 is 0 Å². The molecule has 1 aliphatic heterocycles. The van der Waals surface area contributed by atoms with Crippen molar-refractivity contribution in [2.24, 2.45) is 0 Å². The van der Waals surface area contributed by atoms with Gasteiger partial charge >= 0.3 is 0 Å². The third-order valence-electron chi connectivity index (χ3n) is 2.50. The number of hydrogen-bond acceptors (Lipinski definition) is 3. The molecule has 1 aromatic rings. The summed E-state index contributed by atoms with van der Waals surface area (Å²) in [5.74, 6) is 1.26. The van der Waals surface area contributed by atoms with Crippen LogP contribution in [0.15, 0.2) is 18.2 Å². The van der Waals surface area contributed by atoms with Gasteiger partial charge in [0.2, 0.25) is 0 Å². The van der Waals surface area contributed by atoms with E-state index in [0.29, 0.717) is 30.3 Å². The van der Waals surface area contributed by atoms with Gasteiger partial charge in [0.25, 0.3) is 5.91 Å². The Kier molecular flexibility index (Phi) is 3.45. The molecule has 1 aliphatic rings. The first-order valence-corrected chi connectivity index (χ1v) is 6.18. The summed E-state index contributed by atoms with van der Waals surface area (Å²) in [5, 5.41) is 2.92. The fourth-order valence-corrected chi connectivity index (χ4v) is 1.72. The van der Waals surface area contributed by atoms with Gasteiger partial charge in [0.1, 0.15) is 0 Å². The molecule has 0 saturated carbocycles. The number of ether oxygens (including phenoxy) is 2. The van der Waals surface area contributed by atoms with Crippen LogP contribution in [-0.2, 0) is 0 Å². The fraction of sp³-hybridized carbons (Fsp3) is 0.500. The summed E-state index contributed by atoms with van der Waals surface area (Å²) in [6, 6.07) is 5.29. The first kappa shape index (κ1) is 12.7. The Morgan fingerprint density at radius 1 is 1.17 bits per heavy atom. The molecule has 0 aliphatic carbocycles. The van der Waals surface area contributed by atoms with E-state index in [2.05, 4.69) is 5.32 Å². The van der Waals surface area contributed by atoms with Gasteiger partial charge in [0, 0.05) is 17.5 Å². The van der Waals surface area contributed by atoms with Gasteiger partial charge in [-0.2, -0.15) is 0 Å². The number of rotatable bonds is 1. The van der Waals surface area contributed by atoms with Crippen molar-refractivity contribution in [2.75, 3.05) is 13.2 Å². The average molecular weight is 249 g/mol. The molecule has 2 rings (SSSR count). The molecule has 4 nitrogen and oxygen atoms in total. The lowest BCUT2D eigenvalue weighted by molar-refractivity contribution is 0.0919. The summed E-state index contributed by atoms with van der Waals surface area (Å²) < 4.78 is 11.1. The van der Waals surface area contributed by atoms with Crippen molar-refractivity contribution in [3.8, 4) is 11.5 Å². The van der Waals surface area contributed by atoms with Crippen molar-refractivity contribution in [1.82, 2.24) is 5.32 Å². The van der Waals surface area contributed by atoms with Gasteiger partial charge in [0.05, 0.1) is 13.2 Å². The molecule has 1 amide bonds. The first-order chi connectivity index (χ1) is 8.46. The Bertz CT molecular complexity index is 449. The highest BCUT2D eigenvalue weighted by Gasteiger charge is 2.18. The van der Waals surface area contributed by atoms with E-state index < -0.39 is 0 Å². The Morgan fingerprint density at radius 2 is 1.83 bits per heavy atom. The molecule has 0 fully saturated rings. The molecule has 1 heterocycles. The van der Waals surface area contributed by atoms with Crippen LogP contribution in [0, 0.1) is 0 Å². The number of benzene rings is 1. The molecular formula is C14H19NO3. The molecule has 0 bridgehead atoms. The van der Waals surface area contributed by atoms with Crippen LogP contribution < -0.4 is 14.8 Å². The molecule has 1 aromatic carbocycles. The Hall–Kier alpha value is -1.71. The number of hydrogen-bond donors (Lipinski definition) is 1. The highest BCUT2D eigenvalue weighted by Crippen LogP contribution is 2.30. The van der Waals surface area contributed by atoms with Gasteiger partial charge in [-0.1, -0.05) is 0 Å². The van der Waals surface area contributed by atoms with Crippen molar-refractivity contribution < 1.29 is 14.3 Å². The highest BCUT2D eigenvalue weighted by molar-refractivity contribution is 5.95. The van der Waals surface area contributed by atoms with Gasteiger partial charge in [-0.05, 0) is 39.0 Å². The van der Waals surface area contributed by atoms with Crippen LogP contribution in [0.2, 0.25) is 0 Å². The van der Waals surface area contributed by atoms with E-state index in [1.54, 1.807) is 18.2 Å². The molecule has 0 unspecified atom stereocenters. The molecular weight excluding hydrogens is 230 g/mol. The summed E-state index contributed by atoms with van der Waals surface area (Å²) >= 11 is 0. The number of fused-ring (bicyclic) bond motifs is 1. The molecule has 0 aromatic heterocycles. The minimum atomic E-state index is -0.249. The summed E-state index contributed by atoms with van der Waals surface area (Å²) in [6.07, 6.45) is 0.859. The first-order valence-electron chi connectivity index (χ1n) is 6.18. The maximum Gasteiger partial charge on any atom is 0.251 e. The zero-order valence-corrected chi connectivity index (χ0v) is 11.1. The largest absolute Gasteiger partial charge is 0.490 e. The van der Waals surface area contributed by atoms with Gasteiger partial charge in [-0.3, -0.25) is 4.79 Å². The van der Waals surface area contributed by atoms with Gasteiger partial charge < -0.3 is 14.8 Å². The topological polar surface area (TPSA) is 47.6 Å². The van der Waals surface area contributed by atoms with Gasteiger partial charge in [-0.15, -0.1) is 0 Å². The highest BCUT2D eigenvalue weighted by atomic mass is 16.5. The molecule has 1 N–H and O–H groups in total. The van der Waals surface area contributed by atoms with E-state index in [-0.39, 0.29) is 11.4 Å². The quantitative estimate of drug-likeness (QED) is 0.831. The van der Waals surface area contributed by atoms with E-state index in [0.717, 1.165) is 6.42 Å². The smallest absolute Gasteiger partial charge is 0.251 e. The van der Waals surface area contributed by atoms with Crippen molar-refractivity contribution in [3.05, 3.63) is 23.8 Å². The zero-order valence-electron chi connectivity index (χ0n) is 11.1. The van der Waals surface area contributed by atoms with Crippen LogP contribution in [0.1, 0.15) is 37.6 Å². The minimum absolute atomic E-state index is 0.0989. The van der Waals surface area contributed by atoms with E-state index in [4.69, 9.17) is 9.47 Å². The van der Waals surface area contributed by atoms with Crippen LogP contribution in [0.25, 0.3) is 0 Å². The third-order valence-corrected chi connectivity index (χ3v) is 2.50. The number of amides is 1. The lowest BCUT2D eigenvalue weighted by atomic mass is 10.1. The summed E-state index contributed by atoms with van der Waals surface area (Å²) in [6.45, 7) is 7.13. The van der Waals surface area contributed by atoms with Crippen LogP contribution in [-0.4, -0.2) is 24.7 Å². The predicted molar refractivity (Wildman–Crippen MR) is 69.3 cm³/mol. The Labute approximate surface area is 107 Å². The maximum atomic E-state index is 12.0. The normalized spacial score (nSPS) is 14.8. The molecule has 4 heteroatoms. The molecule has 0 saturated heterocycles. The monoisotopic (exact) mass is 249 g/mol. The maximum absolute atomic E-state index is 12.0. The molecule has 18 heavy (non-hydrogen) atoms. The lowest BCUT2D eigenvalue weighted by Gasteiger charge is -2.20. The fourth-order valence-electron chi connectivity index (χ4n) is 1.72. The number of carbonyl (C=O) groups is 1. The molecule has 0 spiro atoms. The summed E-state index contributed by atoms with van der Waals surface area (Å²) in [7, 11) is 0. The summed E-state index contributed by atoms with van der Waals surface area (Å²) in [4.78, 5) is 12.0. The minimum Gasteiger partial charge on any atom is -0.490 e. The van der Waals surface area contributed by atoms with Crippen molar-refractivity contribution in [1.29, 1.82) is 0 Å². The van der Waals surface area contributed by atoms with Crippen molar-refractivity contribution in [3.63, 3.8) is 0 Å². The van der Waals surface area contributed by atoms with Crippen molar-refractivity contribution in [2.45, 2.75) is 32.7 Å². The van der Waals surface area contributed by atoms with E-state index in [1.807, 2.05) is 20.8 Å². The predicted octanol–water partition coefficient (Wildman–Crippen LogP) is 2.38. The van der Waals surface area contributed by atoms with Crippen LogP contribution in [0.4, 0.5) is 0 Å². The third kappa shape index (κ3) is 3.15. The van der Waals surface area contributed by atoms with Crippen LogP contribution in [0.3, 0.4) is 0 Å². The Morgan fingerprint density at radius 3 is 2.50 bits per heavy atom. The van der Waals surface area contributed by atoms with E-state index >= 15 is 0 Å². The number of nitrogens with one attached hydrogen (secondary N) is 1. The second kappa shape index (κ2) is 4.88. The van der Waals surface area contributed by atoms with E-state index in [9.17, 15) is 4.79 Å². The zero-order chi connectivity index (χ0) is 13.2. The van der Waals surface area contributed by atoms with Crippen molar-refractivity contribution >= 4 is 5.91 Å². The molecule has 0 atom stereocenters. The standard InChI is InChI=1S/C14H19NO3/c1-14(2,3)15-13(16)10-5-6-11-12(9-10)18-8-4-7-17-11/h5-6,9H,4,7-8H2,1-3H3,(H,15,16). The van der Waals surface area contributed by atoms with E-state index in [1.165, 1.54) is 0 Å². The van der Waals surface area contributed by atoms with Crippen LogP contribution in [0.5, 0.6) is 11.5 Å². The average Bonchev–Trinajstić information content (AvgIpc) is 2.50. The Balaban J connectivity index is 2.20. The SMILES string of the molecule is CC(C)(C)NC(=O)c1ccc2c(c1)OCCCO2. The second-order valence-corrected chi connectivity index (χ2v) is 5.42. The molecule has 0 radical (unpaired) electrons.